The molecule has 0 aromatic carbocycles. The van der Waals surface area contributed by atoms with Crippen LogP contribution in [0.5, 0.6) is 0 Å². The van der Waals surface area contributed by atoms with Gasteiger partial charge >= 0.3 is 5.97 Å². The lowest BCUT2D eigenvalue weighted by molar-refractivity contribution is -0.137. The molecule has 3 N–H and O–H groups in total. The van der Waals surface area contributed by atoms with Crippen LogP contribution in [-0.2, 0) is 9.53 Å². The van der Waals surface area contributed by atoms with Gasteiger partial charge in [0.15, 0.2) is 0 Å². The van der Waals surface area contributed by atoms with E-state index in [9.17, 15) is 9.90 Å². The van der Waals surface area contributed by atoms with Crippen LogP contribution in [0.1, 0.15) is 77.0 Å². The smallest absolute Gasteiger partial charge is 0.303 e. The molecule has 26 heavy (non-hydrogen) atoms. The average molecular weight is 368 g/mol. The van der Waals surface area contributed by atoms with E-state index in [1.165, 1.54) is 51.4 Å². The first-order valence-electron chi connectivity index (χ1n) is 10.9. The summed E-state index contributed by atoms with van der Waals surface area (Å²) in [5, 5.41) is 22.6. The topological polar surface area (TPSA) is 78.8 Å². The molecule has 3 rings (SSSR count). The number of hydrogen-bond donors (Lipinski definition) is 3. The second-order valence-electron chi connectivity index (χ2n) is 8.73. The minimum atomic E-state index is -0.683. The second-order valence-corrected chi connectivity index (χ2v) is 8.73. The predicted octanol–water partition coefficient (Wildman–Crippen LogP) is 3.35. The van der Waals surface area contributed by atoms with Gasteiger partial charge in [0.25, 0.3) is 0 Å². The lowest BCUT2D eigenvalue weighted by Crippen LogP contribution is -2.39. The maximum Gasteiger partial charge on any atom is 0.303 e. The molecular formula is C21H37NO4. The van der Waals surface area contributed by atoms with Crippen LogP contribution in [-0.4, -0.2) is 47.6 Å². The summed E-state index contributed by atoms with van der Waals surface area (Å²) in [4.78, 5) is 10.6. The number of carboxylic acids is 1. The van der Waals surface area contributed by atoms with E-state index in [-0.39, 0.29) is 6.10 Å². The first-order valence-corrected chi connectivity index (χ1v) is 10.9. The number of aliphatic carboxylic acids is 1. The molecule has 1 aliphatic carbocycles. The van der Waals surface area contributed by atoms with Crippen molar-refractivity contribution < 1.29 is 19.7 Å². The standard InChI is InChI=1S/C21H37NO4/c23-18(15-7-5-6-8-15)14-22-13-17-16(19-11-12-20(17)26-19)9-3-1-2-4-10-21(24)25/h15-20,22-23H,1-14H2,(H,24,25). The molecule has 150 valence electrons. The third kappa shape index (κ3) is 5.43. The molecule has 0 aromatic rings. The zero-order valence-electron chi connectivity index (χ0n) is 16.1. The van der Waals surface area contributed by atoms with Gasteiger partial charge in [-0.15, -0.1) is 0 Å². The summed E-state index contributed by atoms with van der Waals surface area (Å²) in [7, 11) is 0. The van der Waals surface area contributed by atoms with Crippen molar-refractivity contribution in [3.63, 3.8) is 0 Å². The van der Waals surface area contributed by atoms with Crippen LogP contribution >= 0.6 is 0 Å². The maximum atomic E-state index is 10.6. The third-order valence-electron chi connectivity index (χ3n) is 6.95. The van der Waals surface area contributed by atoms with Crippen LogP contribution < -0.4 is 5.32 Å². The van der Waals surface area contributed by atoms with Gasteiger partial charge in [-0.1, -0.05) is 32.1 Å². The Morgan fingerprint density at radius 1 is 1.00 bits per heavy atom. The highest BCUT2D eigenvalue weighted by atomic mass is 16.5. The summed E-state index contributed by atoms with van der Waals surface area (Å²) >= 11 is 0. The fourth-order valence-electron chi connectivity index (χ4n) is 5.47. The van der Waals surface area contributed by atoms with Gasteiger partial charge in [0.2, 0.25) is 0 Å². The van der Waals surface area contributed by atoms with Crippen molar-refractivity contribution in [1.82, 2.24) is 5.32 Å². The summed E-state index contributed by atoms with van der Waals surface area (Å²) in [6.07, 6.45) is 13.6. The van der Waals surface area contributed by atoms with E-state index in [0.717, 1.165) is 32.4 Å². The van der Waals surface area contributed by atoms with Crippen LogP contribution in [0.25, 0.3) is 0 Å². The molecule has 2 aliphatic heterocycles. The highest BCUT2D eigenvalue weighted by molar-refractivity contribution is 5.66. The van der Waals surface area contributed by atoms with Crippen LogP contribution in [0.3, 0.4) is 0 Å². The maximum absolute atomic E-state index is 10.6. The lowest BCUT2D eigenvalue weighted by Gasteiger charge is -2.29. The van der Waals surface area contributed by atoms with Gasteiger partial charge in [0.05, 0.1) is 18.3 Å². The van der Waals surface area contributed by atoms with E-state index in [4.69, 9.17) is 9.84 Å². The number of carboxylic acid groups (broad SMARTS) is 1. The Morgan fingerprint density at radius 3 is 2.42 bits per heavy atom. The summed E-state index contributed by atoms with van der Waals surface area (Å²) in [5.74, 6) is 1.05. The molecule has 5 unspecified atom stereocenters. The molecule has 0 spiro atoms. The van der Waals surface area contributed by atoms with Crippen LogP contribution in [0.15, 0.2) is 0 Å². The highest BCUT2D eigenvalue weighted by Crippen LogP contribution is 2.45. The number of nitrogens with one attached hydrogen (secondary N) is 1. The quantitative estimate of drug-likeness (QED) is 0.461. The fraction of sp³-hybridized carbons (Fsp3) is 0.952. The highest BCUT2D eigenvalue weighted by Gasteiger charge is 2.47. The van der Waals surface area contributed by atoms with Crippen molar-refractivity contribution in [3.8, 4) is 0 Å². The zero-order chi connectivity index (χ0) is 18.4. The minimum absolute atomic E-state index is 0.190. The van der Waals surface area contributed by atoms with Crippen molar-refractivity contribution in [1.29, 1.82) is 0 Å². The minimum Gasteiger partial charge on any atom is -0.481 e. The number of carbonyl (C=O) groups is 1. The molecular weight excluding hydrogens is 330 g/mol. The zero-order valence-corrected chi connectivity index (χ0v) is 16.1. The first kappa shape index (κ1) is 20.1. The van der Waals surface area contributed by atoms with Crippen molar-refractivity contribution in [3.05, 3.63) is 0 Å². The molecule has 2 saturated heterocycles. The van der Waals surface area contributed by atoms with E-state index in [1.54, 1.807) is 0 Å². The SMILES string of the molecule is O=C(O)CCCCCCC1C2CCC(O2)C1CNCC(O)C1CCCC1. The third-order valence-corrected chi connectivity index (χ3v) is 6.95. The molecule has 2 heterocycles. The Hall–Kier alpha value is -0.650. The van der Waals surface area contributed by atoms with Crippen LogP contribution in [0.4, 0.5) is 0 Å². The van der Waals surface area contributed by atoms with Gasteiger partial charge in [-0.05, 0) is 50.4 Å². The van der Waals surface area contributed by atoms with Crippen molar-refractivity contribution in [2.75, 3.05) is 13.1 Å². The summed E-state index contributed by atoms with van der Waals surface area (Å²) in [6, 6.07) is 0. The van der Waals surface area contributed by atoms with E-state index in [0.29, 0.717) is 36.4 Å². The van der Waals surface area contributed by atoms with E-state index >= 15 is 0 Å². The van der Waals surface area contributed by atoms with Crippen molar-refractivity contribution >= 4 is 5.97 Å². The predicted molar refractivity (Wildman–Crippen MR) is 101 cm³/mol. The lowest BCUT2D eigenvalue weighted by atomic mass is 9.76. The second kappa shape index (κ2) is 10.0. The number of ether oxygens (including phenoxy) is 1. The molecule has 5 atom stereocenters. The number of aliphatic hydroxyl groups excluding tert-OH is 1. The fourth-order valence-corrected chi connectivity index (χ4v) is 5.47. The van der Waals surface area contributed by atoms with Crippen LogP contribution in [0.2, 0.25) is 0 Å². The Balaban J connectivity index is 1.34. The number of unbranched alkanes of at least 4 members (excludes halogenated alkanes) is 3. The molecule has 0 radical (unpaired) electrons. The first-order chi connectivity index (χ1) is 12.6. The number of fused-ring (bicyclic) bond motifs is 2. The number of aliphatic hydroxyl groups is 1. The molecule has 0 amide bonds. The number of hydrogen-bond acceptors (Lipinski definition) is 4. The molecule has 5 nitrogen and oxygen atoms in total. The molecule has 3 aliphatic rings. The summed E-state index contributed by atoms with van der Waals surface area (Å²) in [6.45, 7) is 1.69. The molecule has 3 fully saturated rings. The molecule has 0 aromatic heterocycles. The average Bonchev–Trinajstić information content (AvgIpc) is 3.35. The normalized spacial score (nSPS) is 32.3. The Bertz CT molecular complexity index is 438. The van der Waals surface area contributed by atoms with Gasteiger partial charge in [-0.2, -0.15) is 0 Å². The van der Waals surface area contributed by atoms with E-state index < -0.39 is 5.97 Å². The monoisotopic (exact) mass is 367 g/mol. The van der Waals surface area contributed by atoms with E-state index in [1.807, 2.05) is 0 Å². The van der Waals surface area contributed by atoms with Crippen LogP contribution in [0, 0.1) is 17.8 Å². The summed E-state index contributed by atoms with van der Waals surface area (Å²) in [5.41, 5.74) is 0. The molecule has 2 bridgehead atoms. The Labute approximate surface area is 157 Å². The Morgan fingerprint density at radius 2 is 1.69 bits per heavy atom. The van der Waals surface area contributed by atoms with Crippen molar-refractivity contribution in [2.24, 2.45) is 17.8 Å². The molecule has 5 heteroatoms. The Kier molecular flexibility index (Phi) is 7.77. The van der Waals surface area contributed by atoms with Gasteiger partial charge in [0.1, 0.15) is 0 Å². The van der Waals surface area contributed by atoms with Gasteiger partial charge in [-0.25, -0.2) is 0 Å². The summed E-state index contributed by atoms with van der Waals surface area (Å²) < 4.78 is 6.18. The molecule has 1 saturated carbocycles. The van der Waals surface area contributed by atoms with E-state index in [2.05, 4.69) is 5.32 Å². The number of rotatable bonds is 12. The van der Waals surface area contributed by atoms with Crippen molar-refractivity contribution in [2.45, 2.75) is 95.4 Å². The largest absolute Gasteiger partial charge is 0.481 e. The van der Waals surface area contributed by atoms with Gasteiger partial charge in [-0.3, -0.25) is 4.79 Å². The van der Waals surface area contributed by atoms with Gasteiger partial charge in [0, 0.05) is 25.4 Å². The van der Waals surface area contributed by atoms with Gasteiger partial charge < -0.3 is 20.3 Å².